The standard InChI is InChI=1S/C15H13NO4/c1-9-13(12-11(7-16-9)8-19-15(12)18)20-14(17)10-5-3-2-4-6-10/h2-7,15,18H,8H2,1H3/t15-/m0/s1. The lowest BCUT2D eigenvalue weighted by molar-refractivity contribution is -0.0925. The Kier molecular flexibility index (Phi) is 3.22. The van der Waals surface area contributed by atoms with Gasteiger partial charge in [0.2, 0.25) is 0 Å². The highest BCUT2D eigenvalue weighted by atomic mass is 16.6. The SMILES string of the molecule is Cc1ncc2c(c1OC(=O)c1ccccc1)[C@@H](O)OC2. The Morgan fingerprint density at radius 1 is 1.40 bits per heavy atom. The first-order valence-electron chi connectivity index (χ1n) is 6.22. The van der Waals surface area contributed by atoms with E-state index in [2.05, 4.69) is 4.98 Å². The summed E-state index contributed by atoms with van der Waals surface area (Å²) in [6.07, 6.45) is 0.547. The smallest absolute Gasteiger partial charge is 0.343 e. The minimum atomic E-state index is -1.08. The van der Waals surface area contributed by atoms with Crippen LogP contribution in [0.5, 0.6) is 5.75 Å². The van der Waals surface area contributed by atoms with Crippen LogP contribution in [0.15, 0.2) is 36.5 Å². The zero-order valence-corrected chi connectivity index (χ0v) is 10.9. The molecule has 0 saturated carbocycles. The summed E-state index contributed by atoms with van der Waals surface area (Å²) in [5.74, 6) is -0.204. The maximum absolute atomic E-state index is 12.1. The topological polar surface area (TPSA) is 68.7 Å². The highest BCUT2D eigenvalue weighted by Gasteiger charge is 2.28. The maximum atomic E-state index is 12.1. The van der Waals surface area contributed by atoms with E-state index >= 15 is 0 Å². The third-order valence-electron chi connectivity index (χ3n) is 3.18. The summed E-state index contributed by atoms with van der Waals surface area (Å²) < 4.78 is 10.5. The largest absolute Gasteiger partial charge is 0.420 e. The molecule has 0 saturated heterocycles. The molecule has 0 unspecified atom stereocenters. The van der Waals surface area contributed by atoms with Crippen molar-refractivity contribution < 1.29 is 19.4 Å². The number of aryl methyl sites for hydroxylation is 1. The van der Waals surface area contributed by atoms with Crippen LogP contribution in [0.4, 0.5) is 0 Å². The van der Waals surface area contributed by atoms with Gasteiger partial charge >= 0.3 is 5.97 Å². The van der Waals surface area contributed by atoms with E-state index in [1.54, 1.807) is 37.4 Å². The summed E-state index contributed by atoms with van der Waals surface area (Å²) in [5.41, 5.74) is 2.20. The minimum Gasteiger partial charge on any atom is -0.420 e. The van der Waals surface area contributed by atoms with Crippen LogP contribution in [0.2, 0.25) is 0 Å². The van der Waals surface area contributed by atoms with Gasteiger partial charge in [-0.25, -0.2) is 4.79 Å². The second kappa shape index (κ2) is 5.03. The average Bonchev–Trinajstić information content (AvgIpc) is 2.84. The van der Waals surface area contributed by atoms with Crippen molar-refractivity contribution in [2.75, 3.05) is 0 Å². The van der Waals surface area contributed by atoms with Gasteiger partial charge in [0.05, 0.1) is 23.4 Å². The van der Waals surface area contributed by atoms with Crippen LogP contribution in [-0.4, -0.2) is 16.1 Å². The quantitative estimate of drug-likeness (QED) is 0.847. The number of carbonyl (C=O) groups is 1. The number of carbonyl (C=O) groups excluding carboxylic acids is 1. The van der Waals surface area contributed by atoms with Crippen LogP contribution in [0, 0.1) is 6.92 Å². The Morgan fingerprint density at radius 2 is 2.15 bits per heavy atom. The Labute approximate surface area is 115 Å². The lowest BCUT2D eigenvalue weighted by Crippen LogP contribution is -2.12. The number of ether oxygens (including phenoxy) is 2. The van der Waals surface area contributed by atoms with Gasteiger partial charge in [-0.3, -0.25) is 4.98 Å². The van der Waals surface area contributed by atoms with E-state index in [9.17, 15) is 9.90 Å². The number of hydrogen-bond donors (Lipinski definition) is 1. The number of nitrogens with zero attached hydrogens (tertiary/aromatic N) is 1. The molecule has 1 aromatic carbocycles. The predicted molar refractivity (Wildman–Crippen MR) is 70.1 cm³/mol. The maximum Gasteiger partial charge on any atom is 0.343 e. The van der Waals surface area contributed by atoms with Gasteiger partial charge < -0.3 is 14.6 Å². The second-order valence-corrected chi connectivity index (χ2v) is 4.53. The highest BCUT2D eigenvalue weighted by molar-refractivity contribution is 5.91. The van der Waals surface area contributed by atoms with E-state index in [4.69, 9.17) is 9.47 Å². The minimum absolute atomic E-state index is 0.264. The molecular weight excluding hydrogens is 258 g/mol. The number of aliphatic hydroxyl groups excluding tert-OH is 1. The van der Waals surface area contributed by atoms with Crippen LogP contribution >= 0.6 is 0 Å². The zero-order valence-electron chi connectivity index (χ0n) is 10.9. The van der Waals surface area contributed by atoms with Gasteiger partial charge in [-0.2, -0.15) is 0 Å². The molecule has 1 aliphatic heterocycles. The van der Waals surface area contributed by atoms with Gasteiger partial charge in [-0.05, 0) is 19.1 Å². The van der Waals surface area contributed by atoms with E-state index < -0.39 is 12.3 Å². The monoisotopic (exact) mass is 271 g/mol. The van der Waals surface area contributed by atoms with Crippen molar-refractivity contribution in [3.8, 4) is 5.75 Å². The van der Waals surface area contributed by atoms with E-state index in [0.717, 1.165) is 5.56 Å². The van der Waals surface area contributed by atoms with E-state index in [1.165, 1.54) is 0 Å². The Balaban J connectivity index is 1.96. The lowest BCUT2D eigenvalue weighted by atomic mass is 10.1. The van der Waals surface area contributed by atoms with Crippen molar-refractivity contribution in [2.24, 2.45) is 0 Å². The molecule has 0 aliphatic carbocycles. The predicted octanol–water partition coefficient (Wildman–Crippen LogP) is 2.13. The van der Waals surface area contributed by atoms with E-state index in [-0.39, 0.29) is 12.4 Å². The van der Waals surface area contributed by atoms with Crippen molar-refractivity contribution >= 4 is 5.97 Å². The highest BCUT2D eigenvalue weighted by Crippen LogP contribution is 2.37. The number of aliphatic hydroxyl groups is 1. The molecule has 1 aromatic heterocycles. The zero-order chi connectivity index (χ0) is 14.1. The van der Waals surface area contributed by atoms with E-state index in [0.29, 0.717) is 16.8 Å². The summed E-state index contributed by atoms with van der Waals surface area (Å²) >= 11 is 0. The summed E-state index contributed by atoms with van der Waals surface area (Å²) in [5, 5.41) is 9.83. The normalized spacial score (nSPS) is 16.8. The number of esters is 1. The number of aromatic nitrogens is 1. The van der Waals surface area contributed by atoms with Gasteiger partial charge in [0.25, 0.3) is 0 Å². The molecular formula is C15H13NO4. The van der Waals surface area contributed by atoms with Gasteiger partial charge in [0.15, 0.2) is 12.0 Å². The molecule has 102 valence electrons. The van der Waals surface area contributed by atoms with Crippen molar-refractivity contribution in [3.05, 3.63) is 58.9 Å². The van der Waals surface area contributed by atoms with E-state index in [1.807, 2.05) is 6.07 Å². The first-order valence-corrected chi connectivity index (χ1v) is 6.22. The van der Waals surface area contributed by atoms with Gasteiger partial charge in [0, 0.05) is 11.8 Å². The summed E-state index contributed by atoms with van der Waals surface area (Å²) in [7, 11) is 0. The van der Waals surface area contributed by atoms with Gasteiger partial charge in [-0.15, -0.1) is 0 Å². The van der Waals surface area contributed by atoms with Crippen LogP contribution < -0.4 is 4.74 Å². The van der Waals surface area contributed by atoms with Crippen LogP contribution in [0.25, 0.3) is 0 Å². The Hall–Kier alpha value is -2.24. The third-order valence-corrected chi connectivity index (χ3v) is 3.18. The molecule has 20 heavy (non-hydrogen) atoms. The molecule has 1 atom stereocenters. The lowest BCUT2D eigenvalue weighted by Gasteiger charge is -2.12. The molecule has 1 N–H and O–H groups in total. The summed E-state index contributed by atoms with van der Waals surface area (Å²) in [6.45, 7) is 1.98. The summed E-state index contributed by atoms with van der Waals surface area (Å²) in [6, 6.07) is 8.67. The molecule has 2 aromatic rings. The van der Waals surface area contributed by atoms with Gasteiger partial charge in [0.1, 0.15) is 0 Å². The van der Waals surface area contributed by atoms with Gasteiger partial charge in [-0.1, -0.05) is 18.2 Å². The first-order chi connectivity index (χ1) is 9.66. The van der Waals surface area contributed by atoms with Crippen molar-refractivity contribution in [2.45, 2.75) is 19.8 Å². The van der Waals surface area contributed by atoms with Crippen LogP contribution in [-0.2, 0) is 11.3 Å². The number of pyridine rings is 1. The molecule has 0 fully saturated rings. The Bertz CT molecular complexity index is 654. The molecule has 3 rings (SSSR count). The molecule has 0 spiro atoms. The van der Waals surface area contributed by atoms with Crippen molar-refractivity contribution in [3.63, 3.8) is 0 Å². The molecule has 5 nitrogen and oxygen atoms in total. The number of fused-ring (bicyclic) bond motifs is 1. The fraction of sp³-hybridized carbons (Fsp3) is 0.200. The van der Waals surface area contributed by atoms with Crippen LogP contribution in [0.3, 0.4) is 0 Å². The molecule has 0 radical (unpaired) electrons. The number of hydrogen-bond acceptors (Lipinski definition) is 5. The first kappa shape index (κ1) is 12.8. The number of rotatable bonds is 2. The van der Waals surface area contributed by atoms with Crippen LogP contribution in [0.1, 0.15) is 33.5 Å². The second-order valence-electron chi connectivity index (χ2n) is 4.53. The van der Waals surface area contributed by atoms with Crippen molar-refractivity contribution in [1.29, 1.82) is 0 Å². The fourth-order valence-electron chi connectivity index (χ4n) is 2.14. The summed E-state index contributed by atoms with van der Waals surface area (Å²) in [4.78, 5) is 16.3. The van der Waals surface area contributed by atoms with Crippen molar-refractivity contribution in [1.82, 2.24) is 4.98 Å². The number of benzene rings is 1. The molecule has 0 amide bonds. The fourth-order valence-corrected chi connectivity index (χ4v) is 2.14. The molecule has 2 heterocycles. The average molecular weight is 271 g/mol. The Morgan fingerprint density at radius 3 is 2.90 bits per heavy atom. The molecule has 0 bridgehead atoms. The third kappa shape index (κ3) is 2.17. The molecule has 1 aliphatic rings. The molecule has 5 heteroatoms.